The van der Waals surface area contributed by atoms with E-state index in [4.69, 9.17) is 17.3 Å². The quantitative estimate of drug-likeness (QED) is 0.837. The smallest absolute Gasteiger partial charge is 0.0595 e. The Labute approximate surface area is 120 Å². The molecule has 0 saturated heterocycles. The van der Waals surface area contributed by atoms with Crippen molar-refractivity contribution in [1.29, 1.82) is 0 Å². The molecule has 18 heavy (non-hydrogen) atoms. The molecule has 2 nitrogen and oxygen atoms in total. The molecular weight excluding hydrogens is 312 g/mol. The number of nitrogens with two attached hydrogens (primary N) is 1. The van der Waals surface area contributed by atoms with Crippen molar-refractivity contribution in [3.63, 3.8) is 0 Å². The molecule has 0 bridgehead atoms. The topological polar surface area (TPSA) is 38.0 Å². The minimum atomic E-state index is 0.0553. The largest absolute Gasteiger partial charge is 0.398 e. The summed E-state index contributed by atoms with van der Waals surface area (Å²) in [6.45, 7) is 0. The summed E-state index contributed by atoms with van der Waals surface area (Å²) in [6.07, 6.45) is 0. The molecule has 0 amide bonds. The van der Waals surface area contributed by atoms with Crippen LogP contribution in [0.2, 0.25) is 5.02 Å². The Morgan fingerprint density at radius 2 is 1.83 bits per heavy atom. The van der Waals surface area contributed by atoms with Crippen LogP contribution >= 0.6 is 27.5 Å². The first-order chi connectivity index (χ1) is 8.61. The summed E-state index contributed by atoms with van der Waals surface area (Å²) in [7, 11) is 1.92. The minimum Gasteiger partial charge on any atom is -0.398 e. The lowest BCUT2D eigenvalue weighted by molar-refractivity contribution is 0.693. The lowest BCUT2D eigenvalue weighted by Gasteiger charge is -2.19. The summed E-state index contributed by atoms with van der Waals surface area (Å²) in [5.41, 5.74) is 9.00. The first-order valence-corrected chi connectivity index (χ1v) is 6.76. The maximum Gasteiger partial charge on any atom is 0.0595 e. The van der Waals surface area contributed by atoms with Crippen LogP contribution in [-0.2, 0) is 0 Å². The SMILES string of the molecule is CN[C@@H](c1ccc(Cl)cc1)c1cc(Br)ccc1N. The minimum absolute atomic E-state index is 0.0553. The predicted octanol–water partition coefficient (Wildman–Crippen LogP) is 3.99. The van der Waals surface area contributed by atoms with Crippen LogP contribution in [-0.4, -0.2) is 7.05 Å². The average Bonchev–Trinajstić information content (AvgIpc) is 2.37. The van der Waals surface area contributed by atoms with Gasteiger partial charge in [0.15, 0.2) is 0 Å². The molecule has 94 valence electrons. The highest BCUT2D eigenvalue weighted by Gasteiger charge is 2.14. The van der Waals surface area contributed by atoms with Crippen LogP contribution in [0.5, 0.6) is 0 Å². The van der Waals surface area contributed by atoms with Gasteiger partial charge in [0, 0.05) is 15.2 Å². The molecule has 2 rings (SSSR count). The summed E-state index contributed by atoms with van der Waals surface area (Å²) < 4.78 is 1.01. The lowest BCUT2D eigenvalue weighted by Crippen LogP contribution is -2.19. The van der Waals surface area contributed by atoms with Crippen molar-refractivity contribution < 1.29 is 0 Å². The number of benzene rings is 2. The van der Waals surface area contributed by atoms with Gasteiger partial charge in [-0.15, -0.1) is 0 Å². The third-order valence-electron chi connectivity index (χ3n) is 2.85. The van der Waals surface area contributed by atoms with E-state index in [0.29, 0.717) is 0 Å². The van der Waals surface area contributed by atoms with E-state index >= 15 is 0 Å². The molecule has 0 unspecified atom stereocenters. The van der Waals surface area contributed by atoms with Gasteiger partial charge in [0.1, 0.15) is 0 Å². The Balaban J connectivity index is 2.44. The van der Waals surface area contributed by atoms with Crippen molar-refractivity contribution in [2.45, 2.75) is 6.04 Å². The highest BCUT2D eigenvalue weighted by Crippen LogP contribution is 2.29. The van der Waals surface area contributed by atoms with Crippen LogP contribution in [0, 0.1) is 0 Å². The van der Waals surface area contributed by atoms with Crippen molar-refractivity contribution >= 4 is 33.2 Å². The van der Waals surface area contributed by atoms with Crippen LogP contribution in [0.4, 0.5) is 5.69 Å². The van der Waals surface area contributed by atoms with E-state index < -0.39 is 0 Å². The molecule has 0 radical (unpaired) electrons. The monoisotopic (exact) mass is 324 g/mol. The molecule has 4 heteroatoms. The Bertz CT molecular complexity index is 540. The maximum absolute atomic E-state index is 6.05. The van der Waals surface area contributed by atoms with Crippen molar-refractivity contribution in [3.8, 4) is 0 Å². The fourth-order valence-electron chi connectivity index (χ4n) is 1.95. The van der Waals surface area contributed by atoms with E-state index in [1.807, 2.05) is 49.5 Å². The fourth-order valence-corrected chi connectivity index (χ4v) is 2.46. The van der Waals surface area contributed by atoms with E-state index in [-0.39, 0.29) is 6.04 Å². The number of rotatable bonds is 3. The normalized spacial score (nSPS) is 12.4. The van der Waals surface area contributed by atoms with Crippen molar-refractivity contribution in [2.75, 3.05) is 12.8 Å². The van der Waals surface area contributed by atoms with Gasteiger partial charge < -0.3 is 11.1 Å². The molecule has 0 aromatic heterocycles. The van der Waals surface area contributed by atoms with Gasteiger partial charge in [-0.2, -0.15) is 0 Å². The van der Waals surface area contributed by atoms with E-state index in [0.717, 1.165) is 26.3 Å². The van der Waals surface area contributed by atoms with Crippen LogP contribution in [0.3, 0.4) is 0 Å². The van der Waals surface area contributed by atoms with Gasteiger partial charge in [-0.05, 0) is 48.5 Å². The first kappa shape index (κ1) is 13.4. The Hall–Kier alpha value is -1.03. The Kier molecular flexibility index (Phi) is 4.27. The predicted molar refractivity (Wildman–Crippen MR) is 80.9 cm³/mol. The van der Waals surface area contributed by atoms with Gasteiger partial charge in [-0.3, -0.25) is 0 Å². The molecule has 3 N–H and O–H groups in total. The number of anilines is 1. The van der Waals surface area contributed by atoms with Crippen LogP contribution in [0.25, 0.3) is 0 Å². The van der Waals surface area contributed by atoms with E-state index in [1.54, 1.807) is 0 Å². The number of nitrogens with one attached hydrogen (secondary N) is 1. The standard InChI is InChI=1S/C14H14BrClN2/c1-18-14(9-2-5-11(16)6-3-9)12-8-10(15)4-7-13(12)17/h2-8,14,18H,17H2,1H3/t14-/m0/s1. The van der Waals surface area contributed by atoms with Crippen LogP contribution in [0.15, 0.2) is 46.9 Å². The molecule has 0 aliphatic rings. The van der Waals surface area contributed by atoms with E-state index in [9.17, 15) is 0 Å². The van der Waals surface area contributed by atoms with E-state index in [1.165, 1.54) is 0 Å². The molecule has 2 aromatic rings. The lowest BCUT2D eigenvalue weighted by atomic mass is 9.97. The van der Waals surface area contributed by atoms with Gasteiger partial charge in [0.25, 0.3) is 0 Å². The highest BCUT2D eigenvalue weighted by molar-refractivity contribution is 9.10. The van der Waals surface area contributed by atoms with Crippen LogP contribution < -0.4 is 11.1 Å². The van der Waals surface area contributed by atoms with Crippen LogP contribution in [0.1, 0.15) is 17.2 Å². The summed E-state index contributed by atoms with van der Waals surface area (Å²) in [5, 5.41) is 4.01. The molecular formula is C14H14BrClN2. The molecule has 0 fully saturated rings. The first-order valence-electron chi connectivity index (χ1n) is 5.59. The summed E-state index contributed by atoms with van der Waals surface area (Å²) >= 11 is 9.38. The maximum atomic E-state index is 6.05. The van der Waals surface area contributed by atoms with Crippen molar-refractivity contribution in [3.05, 3.63) is 63.1 Å². The zero-order valence-corrected chi connectivity index (χ0v) is 12.3. The van der Waals surface area contributed by atoms with Gasteiger partial charge in [-0.1, -0.05) is 39.7 Å². The highest BCUT2D eigenvalue weighted by atomic mass is 79.9. The number of halogens is 2. The second kappa shape index (κ2) is 5.74. The second-order valence-electron chi connectivity index (χ2n) is 4.05. The van der Waals surface area contributed by atoms with Gasteiger partial charge in [-0.25, -0.2) is 0 Å². The summed E-state index contributed by atoms with van der Waals surface area (Å²) in [4.78, 5) is 0. The van der Waals surface area contributed by atoms with Gasteiger partial charge in [0.2, 0.25) is 0 Å². The van der Waals surface area contributed by atoms with Gasteiger partial charge >= 0.3 is 0 Å². The number of nitrogen functional groups attached to an aromatic ring is 1. The zero-order chi connectivity index (χ0) is 13.1. The van der Waals surface area contributed by atoms with Crippen molar-refractivity contribution in [2.24, 2.45) is 0 Å². The molecule has 1 atom stereocenters. The summed E-state index contributed by atoms with van der Waals surface area (Å²) in [5.74, 6) is 0. The zero-order valence-electron chi connectivity index (χ0n) is 9.95. The average molecular weight is 326 g/mol. The molecule has 0 aliphatic heterocycles. The summed E-state index contributed by atoms with van der Waals surface area (Å²) in [6, 6.07) is 13.7. The third-order valence-corrected chi connectivity index (χ3v) is 3.60. The second-order valence-corrected chi connectivity index (χ2v) is 5.40. The molecule has 0 saturated carbocycles. The molecule has 0 spiro atoms. The Morgan fingerprint density at radius 1 is 1.17 bits per heavy atom. The molecule has 0 heterocycles. The number of hydrogen-bond acceptors (Lipinski definition) is 2. The molecule has 2 aromatic carbocycles. The number of hydrogen-bond donors (Lipinski definition) is 2. The third kappa shape index (κ3) is 2.86. The fraction of sp³-hybridized carbons (Fsp3) is 0.143. The van der Waals surface area contributed by atoms with E-state index in [2.05, 4.69) is 21.2 Å². The van der Waals surface area contributed by atoms with Crippen molar-refractivity contribution in [1.82, 2.24) is 5.32 Å². The molecule has 0 aliphatic carbocycles. The Morgan fingerprint density at radius 3 is 2.44 bits per heavy atom. The van der Waals surface area contributed by atoms with Gasteiger partial charge in [0.05, 0.1) is 6.04 Å².